The molecular weight excluding hydrogens is 317 g/mol. The minimum absolute atomic E-state index is 0.110. The zero-order valence-electron chi connectivity index (χ0n) is 12.9. The van der Waals surface area contributed by atoms with Crippen molar-refractivity contribution in [3.8, 4) is 5.69 Å². The molecule has 2 aromatic rings. The van der Waals surface area contributed by atoms with Gasteiger partial charge in [-0.2, -0.15) is 9.78 Å². The Labute approximate surface area is 136 Å². The molecule has 0 saturated carbocycles. The predicted molar refractivity (Wildman–Crippen MR) is 83.6 cm³/mol. The monoisotopic (exact) mass is 333 g/mol. The van der Waals surface area contributed by atoms with Gasteiger partial charge in [-0.05, 0) is 36.8 Å². The second kappa shape index (κ2) is 7.49. The number of hydrogen-bond acceptors (Lipinski definition) is 4. The Balaban J connectivity index is 2.30. The summed E-state index contributed by atoms with van der Waals surface area (Å²) >= 11 is 0. The van der Waals surface area contributed by atoms with Crippen molar-refractivity contribution in [1.82, 2.24) is 15.1 Å². The summed E-state index contributed by atoms with van der Waals surface area (Å²) in [5, 5.41) is 15.4. The van der Waals surface area contributed by atoms with Gasteiger partial charge in [0, 0.05) is 6.07 Å². The highest BCUT2D eigenvalue weighted by molar-refractivity contribution is 5.94. The third kappa shape index (κ3) is 4.03. The topological polar surface area (TPSA) is 101 Å². The van der Waals surface area contributed by atoms with E-state index in [4.69, 9.17) is 5.11 Å². The average molecular weight is 333 g/mol. The maximum atomic E-state index is 13.0. The quantitative estimate of drug-likeness (QED) is 0.831. The van der Waals surface area contributed by atoms with Crippen LogP contribution < -0.4 is 10.9 Å². The van der Waals surface area contributed by atoms with Crippen molar-refractivity contribution in [3.05, 3.63) is 58.3 Å². The van der Waals surface area contributed by atoms with Gasteiger partial charge in [-0.15, -0.1) is 0 Å². The van der Waals surface area contributed by atoms with Crippen LogP contribution in [0.1, 0.15) is 30.3 Å². The van der Waals surface area contributed by atoms with Gasteiger partial charge in [0.2, 0.25) is 0 Å². The molecule has 1 amide bonds. The molecule has 0 saturated heterocycles. The molecule has 0 aliphatic rings. The molecule has 1 aromatic carbocycles. The molecule has 2 N–H and O–H groups in total. The molecule has 1 unspecified atom stereocenters. The summed E-state index contributed by atoms with van der Waals surface area (Å²) in [7, 11) is 0. The normalized spacial score (nSPS) is 11.8. The summed E-state index contributed by atoms with van der Waals surface area (Å²) in [5.74, 6) is -2.31. The van der Waals surface area contributed by atoms with E-state index in [2.05, 4.69) is 10.4 Å². The summed E-state index contributed by atoms with van der Waals surface area (Å²) in [5.41, 5.74) is -0.317. The average Bonchev–Trinajstić information content (AvgIpc) is 2.55. The van der Waals surface area contributed by atoms with Crippen molar-refractivity contribution in [3.63, 3.8) is 0 Å². The van der Waals surface area contributed by atoms with Crippen molar-refractivity contribution < 1.29 is 19.1 Å². The number of aromatic nitrogens is 2. The third-order valence-corrected chi connectivity index (χ3v) is 3.28. The second-order valence-electron chi connectivity index (χ2n) is 5.10. The van der Waals surface area contributed by atoms with Crippen molar-refractivity contribution in [1.29, 1.82) is 0 Å². The fourth-order valence-corrected chi connectivity index (χ4v) is 2.08. The van der Waals surface area contributed by atoms with Crippen LogP contribution in [0.5, 0.6) is 0 Å². The van der Waals surface area contributed by atoms with Crippen molar-refractivity contribution >= 4 is 11.9 Å². The molecule has 1 atom stereocenters. The van der Waals surface area contributed by atoms with E-state index in [1.165, 1.54) is 18.2 Å². The number of benzene rings is 1. The van der Waals surface area contributed by atoms with Crippen LogP contribution in [0.25, 0.3) is 5.69 Å². The van der Waals surface area contributed by atoms with E-state index >= 15 is 0 Å². The molecule has 0 aliphatic heterocycles. The van der Waals surface area contributed by atoms with E-state index in [9.17, 15) is 18.8 Å². The van der Waals surface area contributed by atoms with Crippen LogP contribution in [0, 0.1) is 5.82 Å². The van der Waals surface area contributed by atoms with Crippen LogP contribution >= 0.6 is 0 Å². The van der Waals surface area contributed by atoms with Gasteiger partial charge < -0.3 is 10.4 Å². The lowest BCUT2D eigenvalue weighted by Gasteiger charge is -2.13. The van der Waals surface area contributed by atoms with Crippen molar-refractivity contribution in [2.75, 3.05) is 0 Å². The Morgan fingerprint density at radius 1 is 1.25 bits per heavy atom. The number of carbonyl (C=O) groups excluding carboxylic acids is 1. The van der Waals surface area contributed by atoms with Crippen LogP contribution in [0.15, 0.2) is 41.2 Å². The van der Waals surface area contributed by atoms with Crippen molar-refractivity contribution in [2.24, 2.45) is 0 Å². The van der Waals surface area contributed by atoms with E-state index in [0.717, 1.165) is 22.9 Å². The van der Waals surface area contributed by atoms with Gasteiger partial charge in [-0.25, -0.2) is 9.18 Å². The van der Waals surface area contributed by atoms with Gasteiger partial charge in [-0.1, -0.05) is 13.3 Å². The highest BCUT2D eigenvalue weighted by Crippen LogP contribution is 2.06. The largest absolute Gasteiger partial charge is 0.480 e. The van der Waals surface area contributed by atoms with Gasteiger partial charge in [0.25, 0.3) is 11.5 Å². The molecule has 24 heavy (non-hydrogen) atoms. The molecule has 0 spiro atoms. The number of aliphatic carboxylic acids is 1. The number of nitrogens with zero attached hydrogens (tertiary/aromatic N) is 2. The van der Waals surface area contributed by atoms with Gasteiger partial charge in [0.1, 0.15) is 17.6 Å². The lowest BCUT2D eigenvalue weighted by Crippen LogP contribution is -2.41. The molecule has 7 nitrogen and oxygen atoms in total. The van der Waals surface area contributed by atoms with Crippen LogP contribution in [-0.4, -0.2) is 32.8 Å². The maximum Gasteiger partial charge on any atom is 0.326 e. The molecule has 0 bridgehead atoms. The van der Waals surface area contributed by atoms with Crippen LogP contribution in [0.3, 0.4) is 0 Å². The Hall–Kier alpha value is -3.03. The van der Waals surface area contributed by atoms with E-state index in [-0.39, 0.29) is 12.1 Å². The van der Waals surface area contributed by atoms with Crippen LogP contribution in [0.2, 0.25) is 0 Å². The van der Waals surface area contributed by atoms with Gasteiger partial charge in [0.05, 0.1) is 5.69 Å². The van der Waals surface area contributed by atoms with Gasteiger partial charge >= 0.3 is 5.97 Å². The first-order valence-electron chi connectivity index (χ1n) is 7.32. The number of carboxylic acids is 1. The minimum atomic E-state index is -1.14. The SMILES string of the molecule is CCCC(NC(=O)c1ccc(=O)n(-c2ccc(F)cc2)n1)C(=O)O. The first-order valence-corrected chi connectivity index (χ1v) is 7.32. The van der Waals surface area contributed by atoms with E-state index in [0.29, 0.717) is 12.1 Å². The first-order chi connectivity index (χ1) is 11.4. The smallest absolute Gasteiger partial charge is 0.326 e. The standard InChI is InChI=1S/C16H16FN3O4/c1-2-3-13(16(23)24)18-15(22)12-8-9-14(21)20(19-12)11-6-4-10(17)5-7-11/h4-9,13H,2-3H2,1H3,(H,18,22)(H,23,24). The number of carboxylic acid groups (broad SMARTS) is 1. The Morgan fingerprint density at radius 2 is 1.92 bits per heavy atom. The molecule has 1 aromatic heterocycles. The van der Waals surface area contributed by atoms with Crippen LogP contribution in [0.4, 0.5) is 4.39 Å². The lowest BCUT2D eigenvalue weighted by atomic mass is 10.1. The molecule has 1 heterocycles. The molecule has 2 rings (SSSR count). The number of halogens is 1. The van der Waals surface area contributed by atoms with E-state index in [1.54, 1.807) is 6.92 Å². The van der Waals surface area contributed by atoms with E-state index < -0.39 is 29.3 Å². The molecule has 0 aliphatic carbocycles. The molecule has 0 radical (unpaired) electrons. The number of carbonyl (C=O) groups is 2. The maximum absolute atomic E-state index is 13.0. The zero-order valence-corrected chi connectivity index (χ0v) is 12.9. The van der Waals surface area contributed by atoms with Gasteiger partial charge in [0.15, 0.2) is 0 Å². The van der Waals surface area contributed by atoms with Crippen LogP contribution in [-0.2, 0) is 4.79 Å². The highest BCUT2D eigenvalue weighted by atomic mass is 19.1. The Bertz CT molecular complexity index is 802. The Kier molecular flexibility index (Phi) is 5.41. The zero-order chi connectivity index (χ0) is 17.7. The summed E-state index contributed by atoms with van der Waals surface area (Å²) in [6.07, 6.45) is 0.860. The fourth-order valence-electron chi connectivity index (χ4n) is 2.08. The Morgan fingerprint density at radius 3 is 2.50 bits per heavy atom. The third-order valence-electron chi connectivity index (χ3n) is 3.28. The van der Waals surface area contributed by atoms with Gasteiger partial charge in [-0.3, -0.25) is 9.59 Å². The molecule has 8 heteroatoms. The minimum Gasteiger partial charge on any atom is -0.480 e. The summed E-state index contributed by atoms with van der Waals surface area (Å²) in [6.45, 7) is 1.80. The fraction of sp³-hybridized carbons (Fsp3) is 0.250. The number of hydrogen-bond donors (Lipinski definition) is 2. The van der Waals surface area contributed by atoms with Crippen molar-refractivity contribution in [2.45, 2.75) is 25.8 Å². The number of rotatable bonds is 6. The summed E-state index contributed by atoms with van der Waals surface area (Å²) < 4.78 is 13.9. The predicted octanol–water partition coefficient (Wildman–Crippen LogP) is 1.35. The van der Waals surface area contributed by atoms with E-state index in [1.807, 2.05) is 0 Å². The number of amides is 1. The molecular formula is C16H16FN3O4. The second-order valence-corrected chi connectivity index (χ2v) is 5.10. The number of nitrogens with one attached hydrogen (secondary N) is 1. The lowest BCUT2D eigenvalue weighted by molar-refractivity contribution is -0.139. The molecule has 0 fully saturated rings. The summed E-state index contributed by atoms with van der Waals surface area (Å²) in [6, 6.07) is 6.35. The first kappa shape index (κ1) is 17.3. The highest BCUT2D eigenvalue weighted by Gasteiger charge is 2.21. The molecule has 126 valence electrons. The summed E-state index contributed by atoms with van der Waals surface area (Å²) in [4.78, 5) is 35.2.